The number of hydrogen-bond acceptors (Lipinski definition) is 3. The van der Waals surface area contributed by atoms with Gasteiger partial charge in [0, 0.05) is 26.3 Å². The van der Waals surface area contributed by atoms with E-state index in [1.54, 1.807) is 23.9 Å². The third-order valence-electron chi connectivity index (χ3n) is 3.24. The molecule has 22 heavy (non-hydrogen) atoms. The summed E-state index contributed by atoms with van der Waals surface area (Å²) in [5, 5.41) is 2.95. The van der Waals surface area contributed by atoms with Crippen molar-refractivity contribution in [1.82, 2.24) is 5.32 Å². The average Bonchev–Trinajstić information content (AvgIpc) is 3.18. The van der Waals surface area contributed by atoms with Gasteiger partial charge in [-0.1, -0.05) is 12.1 Å². The molecule has 1 N–H and O–H groups in total. The van der Waals surface area contributed by atoms with Gasteiger partial charge >= 0.3 is 0 Å². The van der Waals surface area contributed by atoms with E-state index in [0.29, 0.717) is 12.1 Å². The largest absolute Gasteiger partial charge is 0.472 e. The quantitative estimate of drug-likeness (QED) is 0.699. The van der Waals surface area contributed by atoms with Crippen molar-refractivity contribution in [2.75, 3.05) is 6.54 Å². The van der Waals surface area contributed by atoms with Crippen LogP contribution in [0.5, 0.6) is 0 Å². The summed E-state index contributed by atoms with van der Waals surface area (Å²) >= 11 is 5.11. The van der Waals surface area contributed by atoms with E-state index in [0.717, 1.165) is 16.5 Å². The first-order valence-electron chi connectivity index (χ1n) is 6.88. The smallest absolute Gasteiger partial charge is 0.252 e. The number of halogens is 1. The summed E-state index contributed by atoms with van der Waals surface area (Å²) in [6, 6.07) is 13.6. The van der Waals surface area contributed by atoms with Crippen LogP contribution in [0.2, 0.25) is 0 Å². The van der Waals surface area contributed by atoms with Crippen molar-refractivity contribution in [3.05, 3.63) is 69.9 Å². The topological polar surface area (TPSA) is 42.2 Å². The molecule has 0 bridgehead atoms. The Morgan fingerprint density at radius 2 is 2.05 bits per heavy atom. The van der Waals surface area contributed by atoms with E-state index < -0.39 is 0 Å². The van der Waals surface area contributed by atoms with Gasteiger partial charge in [0.25, 0.3) is 5.91 Å². The van der Waals surface area contributed by atoms with Crippen molar-refractivity contribution < 1.29 is 9.21 Å². The average molecular weight is 376 g/mol. The molecule has 0 fully saturated rings. The maximum Gasteiger partial charge on any atom is 0.252 e. The van der Waals surface area contributed by atoms with Crippen LogP contribution < -0.4 is 5.32 Å². The number of amides is 1. The van der Waals surface area contributed by atoms with Gasteiger partial charge in [0.1, 0.15) is 0 Å². The van der Waals surface area contributed by atoms with Crippen LogP contribution in [0.1, 0.15) is 15.2 Å². The lowest BCUT2D eigenvalue weighted by Crippen LogP contribution is -2.25. The van der Waals surface area contributed by atoms with Crippen LogP contribution >= 0.6 is 27.3 Å². The Balaban J connectivity index is 1.55. The molecule has 0 aliphatic rings. The number of hydrogen-bond donors (Lipinski definition) is 1. The summed E-state index contributed by atoms with van der Waals surface area (Å²) in [7, 11) is 0. The molecule has 0 spiro atoms. The van der Waals surface area contributed by atoms with Crippen LogP contribution in [-0.4, -0.2) is 12.5 Å². The summed E-state index contributed by atoms with van der Waals surface area (Å²) < 4.78 is 5.91. The summed E-state index contributed by atoms with van der Waals surface area (Å²) in [6.07, 6.45) is 4.23. The Labute approximate surface area is 141 Å². The zero-order valence-corrected chi connectivity index (χ0v) is 14.1. The second kappa shape index (κ2) is 6.94. The van der Waals surface area contributed by atoms with Crippen molar-refractivity contribution in [3.8, 4) is 10.4 Å². The second-order valence-corrected chi connectivity index (χ2v) is 6.79. The molecule has 0 unspecified atom stereocenters. The second-order valence-electron chi connectivity index (χ2n) is 4.76. The zero-order chi connectivity index (χ0) is 15.4. The molecule has 3 nitrogen and oxygen atoms in total. The highest BCUT2D eigenvalue weighted by atomic mass is 79.9. The summed E-state index contributed by atoms with van der Waals surface area (Å²) in [6.45, 7) is 0.617. The Morgan fingerprint density at radius 1 is 1.18 bits per heavy atom. The molecule has 3 rings (SSSR count). The number of carbonyl (C=O) groups is 1. The Hall–Kier alpha value is -1.85. The van der Waals surface area contributed by atoms with Crippen LogP contribution in [0.3, 0.4) is 0 Å². The number of carbonyl (C=O) groups excluding carboxylic acids is 1. The molecule has 0 atom stereocenters. The molecule has 2 heterocycles. The lowest BCUT2D eigenvalue weighted by molar-refractivity contribution is 0.0953. The lowest BCUT2D eigenvalue weighted by atomic mass is 10.2. The predicted molar refractivity (Wildman–Crippen MR) is 92.2 cm³/mol. The first kappa shape index (κ1) is 15.1. The summed E-state index contributed by atoms with van der Waals surface area (Å²) in [5.74, 6) is -0.0564. The first-order chi connectivity index (χ1) is 10.7. The Bertz CT molecular complexity index is 765. The monoisotopic (exact) mass is 375 g/mol. The number of furan rings is 1. The van der Waals surface area contributed by atoms with E-state index in [1.807, 2.05) is 30.3 Å². The number of benzene rings is 1. The van der Waals surface area contributed by atoms with Gasteiger partial charge in [0.05, 0.1) is 18.1 Å². The van der Waals surface area contributed by atoms with Gasteiger partial charge in [-0.15, -0.1) is 11.3 Å². The number of nitrogens with one attached hydrogen (secondary N) is 1. The molecule has 0 saturated heterocycles. The highest BCUT2D eigenvalue weighted by Crippen LogP contribution is 2.28. The molecule has 3 aromatic rings. The molecule has 2 aromatic heterocycles. The normalized spacial score (nSPS) is 10.6. The molecule has 0 aliphatic heterocycles. The molecule has 0 radical (unpaired) electrons. The molecular weight excluding hydrogens is 362 g/mol. The third kappa shape index (κ3) is 3.48. The highest BCUT2D eigenvalue weighted by Gasteiger charge is 2.09. The molecule has 0 saturated carbocycles. The SMILES string of the molecule is O=C(NCCc1ccc(-c2ccoc2)s1)c1ccccc1Br. The fraction of sp³-hybridized carbons (Fsp3) is 0.118. The molecule has 112 valence electrons. The van der Waals surface area contributed by atoms with Crippen LogP contribution in [0.15, 0.2) is 63.9 Å². The minimum atomic E-state index is -0.0564. The fourth-order valence-electron chi connectivity index (χ4n) is 2.11. The fourth-order valence-corrected chi connectivity index (χ4v) is 3.57. The van der Waals surface area contributed by atoms with E-state index in [-0.39, 0.29) is 5.91 Å². The van der Waals surface area contributed by atoms with Crippen LogP contribution in [-0.2, 0) is 6.42 Å². The molecule has 5 heteroatoms. The van der Waals surface area contributed by atoms with Crippen LogP contribution in [0.4, 0.5) is 0 Å². The van der Waals surface area contributed by atoms with Gasteiger partial charge in [-0.05, 0) is 52.7 Å². The van der Waals surface area contributed by atoms with E-state index in [1.165, 1.54) is 9.75 Å². The van der Waals surface area contributed by atoms with E-state index >= 15 is 0 Å². The first-order valence-corrected chi connectivity index (χ1v) is 8.49. The van der Waals surface area contributed by atoms with Crippen molar-refractivity contribution in [2.24, 2.45) is 0 Å². The van der Waals surface area contributed by atoms with Gasteiger partial charge in [-0.3, -0.25) is 4.79 Å². The van der Waals surface area contributed by atoms with Gasteiger partial charge in [0.2, 0.25) is 0 Å². The van der Waals surface area contributed by atoms with Crippen molar-refractivity contribution in [3.63, 3.8) is 0 Å². The Kier molecular flexibility index (Phi) is 4.75. The number of thiophene rings is 1. The van der Waals surface area contributed by atoms with E-state index in [4.69, 9.17) is 4.42 Å². The van der Waals surface area contributed by atoms with Crippen LogP contribution in [0, 0.1) is 0 Å². The third-order valence-corrected chi connectivity index (χ3v) is 5.13. The molecule has 1 amide bonds. The van der Waals surface area contributed by atoms with E-state index in [2.05, 4.69) is 33.4 Å². The minimum Gasteiger partial charge on any atom is -0.472 e. The van der Waals surface area contributed by atoms with Crippen molar-refractivity contribution in [1.29, 1.82) is 0 Å². The lowest BCUT2D eigenvalue weighted by Gasteiger charge is -2.05. The summed E-state index contributed by atoms with van der Waals surface area (Å²) in [5.41, 5.74) is 1.75. The predicted octanol–water partition coefficient (Wildman–Crippen LogP) is 4.74. The maximum absolute atomic E-state index is 12.1. The van der Waals surface area contributed by atoms with E-state index in [9.17, 15) is 4.79 Å². The molecule has 0 aliphatic carbocycles. The van der Waals surface area contributed by atoms with Crippen LogP contribution in [0.25, 0.3) is 10.4 Å². The zero-order valence-electron chi connectivity index (χ0n) is 11.7. The maximum atomic E-state index is 12.1. The van der Waals surface area contributed by atoms with Gasteiger partial charge in [-0.25, -0.2) is 0 Å². The van der Waals surface area contributed by atoms with Gasteiger partial charge in [0.15, 0.2) is 0 Å². The Morgan fingerprint density at radius 3 is 2.82 bits per heavy atom. The van der Waals surface area contributed by atoms with Crippen molar-refractivity contribution >= 4 is 33.2 Å². The summed E-state index contributed by atoms with van der Waals surface area (Å²) in [4.78, 5) is 14.5. The minimum absolute atomic E-state index is 0.0564. The highest BCUT2D eigenvalue weighted by molar-refractivity contribution is 9.10. The van der Waals surface area contributed by atoms with Gasteiger partial charge < -0.3 is 9.73 Å². The number of rotatable bonds is 5. The standard InChI is InChI=1S/C17H14BrNO2S/c18-15-4-2-1-3-14(15)17(20)19-9-7-13-5-6-16(22-13)12-8-10-21-11-12/h1-6,8,10-11H,7,9H2,(H,19,20). The molecular formula is C17H14BrNO2S. The van der Waals surface area contributed by atoms with Gasteiger partial charge in [-0.2, -0.15) is 0 Å². The molecule has 1 aromatic carbocycles. The van der Waals surface area contributed by atoms with Crippen molar-refractivity contribution in [2.45, 2.75) is 6.42 Å².